The number of benzene rings is 1. The van der Waals surface area contributed by atoms with Crippen molar-refractivity contribution in [1.29, 1.82) is 0 Å². The van der Waals surface area contributed by atoms with Crippen molar-refractivity contribution in [3.63, 3.8) is 0 Å². The highest BCUT2D eigenvalue weighted by molar-refractivity contribution is 5.97. The van der Waals surface area contributed by atoms with Crippen molar-refractivity contribution in [2.75, 3.05) is 0 Å². The molecule has 1 heterocycles. The predicted molar refractivity (Wildman–Crippen MR) is 85.1 cm³/mol. The lowest BCUT2D eigenvalue weighted by molar-refractivity contribution is -0.394. The summed E-state index contributed by atoms with van der Waals surface area (Å²) in [5.41, 5.74) is 2.88. The van der Waals surface area contributed by atoms with Crippen molar-refractivity contribution in [1.82, 2.24) is 20.2 Å². The quantitative estimate of drug-likeness (QED) is 0.467. The molecular formula is C13H13N7O5. The largest absolute Gasteiger partial charge is 0.490 e. The van der Waals surface area contributed by atoms with Crippen molar-refractivity contribution in [2.24, 2.45) is 5.10 Å². The molecule has 0 fully saturated rings. The zero-order valence-corrected chi connectivity index (χ0v) is 13.2. The van der Waals surface area contributed by atoms with Crippen LogP contribution in [0.2, 0.25) is 0 Å². The molecule has 0 radical (unpaired) electrons. The second-order valence-corrected chi connectivity index (χ2v) is 4.99. The van der Waals surface area contributed by atoms with Gasteiger partial charge in [0.25, 0.3) is 11.6 Å². The SMILES string of the molecule is C/C(Cn1cnc([N+](=O)[O-])n1)=N/NC(=O)c1cccc([N+](=O)[O-])c1C. The van der Waals surface area contributed by atoms with Crippen molar-refractivity contribution in [3.8, 4) is 0 Å². The van der Waals surface area contributed by atoms with E-state index in [0.29, 0.717) is 5.71 Å². The molecular weight excluding hydrogens is 334 g/mol. The number of nitrogens with one attached hydrogen (secondary N) is 1. The van der Waals surface area contributed by atoms with Crippen LogP contribution in [0.5, 0.6) is 0 Å². The molecule has 0 saturated heterocycles. The third-order valence-corrected chi connectivity index (χ3v) is 3.17. The Balaban J connectivity index is 2.07. The topological polar surface area (TPSA) is 158 Å². The molecule has 2 rings (SSSR count). The third-order valence-electron chi connectivity index (χ3n) is 3.17. The number of amides is 1. The Bertz CT molecular complexity index is 873. The van der Waals surface area contributed by atoms with Crippen LogP contribution in [0.1, 0.15) is 22.8 Å². The molecule has 0 saturated carbocycles. The summed E-state index contributed by atoms with van der Waals surface area (Å²) in [7, 11) is 0. The molecule has 130 valence electrons. The van der Waals surface area contributed by atoms with Gasteiger partial charge in [-0.2, -0.15) is 9.78 Å². The molecule has 0 aliphatic rings. The third kappa shape index (κ3) is 4.19. The second-order valence-electron chi connectivity index (χ2n) is 4.99. The summed E-state index contributed by atoms with van der Waals surface area (Å²) < 4.78 is 1.20. The number of aromatic nitrogens is 3. The molecule has 0 bridgehead atoms. The number of hydrogen-bond acceptors (Lipinski definition) is 8. The average Bonchev–Trinajstić information content (AvgIpc) is 3.01. The summed E-state index contributed by atoms with van der Waals surface area (Å²) in [6.07, 6.45) is 1.17. The first kappa shape index (κ1) is 17.7. The highest BCUT2D eigenvalue weighted by Crippen LogP contribution is 2.20. The van der Waals surface area contributed by atoms with Gasteiger partial charge in [-0.15, -0.1) is 0 Å². The fraction of sp³-hybridized carbons (Fsp3) is 0.231. The van der Waals surface area contributed by atoms with Crippen LogP contribution in [-0.4, -0.2) is 36.2 Å². The van der Waals surface area contributed by atoms with E-state index in [9.17, 15) is 25.0 Å². The lowest BCUT2D eigenvalue weighted by Gasteiger charge is -2.05. The minimum absolute atomic E-state index is 0.0784. The van der Waals surface area contributed by atoms with Gasteiger partial charge < -0.3 is 10.1 Å². The first-order valence-corrected chi connectivity index (χ1v) is 6.91. The van der Waals surface area contributed by atoms with Gasteiger partial charge in [0, 0.05) is 16.7 Å². The number of carbonyl (C=O) groups excluding carboxylic acids is 1. The van der Waals surface area contributed by atoms with Gasteiger partial charge in [-0.1, -0.05) is 11.1 Å². The molecule has 1 N–H and O–H groups in total. The molecule has 0 atom stereocenters. The van der Waals surface area contributed by atoms with E-state index in [4.69, 9.17) is 0 Å². The molecule has 0 aliphatic carbocycles. The zero-order valence-electron chi connectivity index (χ0n) is 13.2. The number of hydrogen-bond donors (Lipinski definition) is 1. The Labute approximate surface area is 140 Å². The molecule has 1 aromatic carbocycles. The maximum absolute atomic E-state index is 12.1. The number of nitro groups is 2. The summed E-state index contributed by atoms with van der Waals surface area (Å²) >= 11 is 0. The predicted octanol–water partition coefficient (Wildman–Crippen LogP) is 1.21. The highest BCUT2D eigenvalue weighted by Gasteiger charge is 2.18. The Hall–Kier alpha value is -3.70. The lowest BCUT2D eigenvalue weighted by Crippen LogP contribution is -2.21. The van der Waals surface area contributed by atoms with E-state index in [1.165, 1.54) is 36.1 Å². The smallest absolute Gasteiger partial charge is 0.390 e. The Kier molecular flexibility index (Phi) is 5.12. The van der Waals surface area contributed by atoms with Gasteiger partial charge in [0.05, 0.1) is 22.7 Å². The van der Waals surface area contributed by atoms with E-state index in [-0.39, 0.29) is 23.4 Å². The monoisotopic (exact) mass is 347 g/mol. The first-order valence-electron chi connectivity index (χ1n) is 6.91. The van der Waals surface area contributed by atoms with Gasteiger partial charge >= 0.3 is 5.95 Å². The van der Waals surface area contributed by atoms with E-state index in [2.05, 4.69) is 20.6 Å². The van der Waals surface area contributed by atoms with Crippen molar-refractivity contribution < 1.29 is 14.6 Å². The molecule has 0 spiro atoms. The fourth-order valence-corrected chi connectivity index (χ4v) is 1.99. The number of carbonyl (C=O) groups is 1. The summed E-state index contributed by atoms with van der Waals surface area (Å²) in [4.78, 5) is 35.7. The molecule has 2 aromatic rings. The normalized spacial score (nSPS) is 11.2. The standard InChI is InChI=1S/C13H13N7O5/c1-8(6-18-7-14-13(17-18)20(24)25)15-16-12(21)10-4-3-5-11(9(10)2)19(22)23/h3-5,7H,6H2,1-2H3,(H,16,21)/b15-8-. The fourth-order valence-electron chi connectivity index (χ4n) is 1.99. The molecule has 0 unspecified atom stereocenters. The van der Waals surface area contributed by atoms with Crippen LogP contribution in [0.3, 0.4) is 0 Å². The van der Waals surface area contributed by atoms with Crippen LogP contribution < -0.4 is 5.43 Å². The minimum Gasteiger partial charge on any atom is -0.390 e. The molecule has 12 nitrogen and oxygen atoms in total. The van der Waals surface area contributed by atoms with E-state index < -0.39 is 21.7 Å². The number of hydrazone groups is 1. The number of rotatable bonds is 6. The summed E-state index contributed by atoms with van der Waals surface area (Å²) in [6, 6.07) is 4.16. The van der Waals surface area contributed by atoms with Crippen LogP contribution in [0, 0.1) is 27.2 Å². The van der Waals surface area contributed by atoms with Crippen LogP contribution in [-0.2, 0) is 6.54 Å². The van der Waals surface area contributed by atoms with Gasteiger partial charge in [-0.05, 0) is 24.8 Å². The van der Waals surface area contributed by atoms with Gasteiger partial charge in [0.2, 0.25) is 6.33 Å². The van der Waals surface area contributed by atoms with Gasteiger partial charge in [-0.25, -0.2) is 5.43 Å². The Morgan fingerprint density at radius 2 is 2.04 bits per heavy atom. The summed E-state index contributed by atoms with van der Waals surface area (Å²) in [5.74, 6) is -1.14. The van der Waals surface area contributed by atoms with Gasteiger partial charge in [-0.3, -0.25) is 14.9 Å². The molecule has 25 heavy (non-hydrogen) atoms. The van der Waals surface area contributed by atoms with Crippen molar-refractivity contribution in [2.45, 2.75) is 20.4 Å². The summed E-state index contributed by atoms with van der Waals surface area (Å²) in [5, 5.41) is 28.9. The molecule has 1 amide bonds. The van der Waals surface area contributed by atoms with E-state index >= 15 is 0 Å². The van der Waals surface area contributed by atoms with Crippen molar-refractivity contribution >= 4 is 23.3 Å². The minimum atomic E-state index is -0.726. The molecule has 12 heteroatoms. The maximum Gasteiger partial charge on any atom is 0.490 e. The van der Waals surface area contributed by atoms with E-state index in [0.717, 1.165) is 0 Å². The van der Waals surface area contributed by atoms with Crippen LogP contribution in [0.25, 0.3) is 0 Å². The zero-order chi connectivity index (χ0) is 18.6. The highest BCUT2D eigenvalue weighted by atomic mass is 16.6. The molecule has 0 aliphatic heterocycles. The van der Waals surface area contributed by atoms with E-state index in [1.807, 2.05) is 0 Å². The number of nitro benzene ring substituents is 1. The maximum atomic E-state index is 12.1. The van der Waals surface area contributed by atoms with Crippen LogP contribution in [0.15, 0.2) is 29.6 Å². The summed E-state index contributed by atoms with van der Waals surface area (Å²) in [6.45, 7) is 3.13. The number of nitrogens with zero attached hydrogens (tertiary/aromatic N) is 6. The van der Waals surface area contributed by atoms with E-state index in [1.54, 1.807) is 6.92 Å². The van der Waals surface area contributed by atoms with Gasteiger partial charge in [0.1, 0.15) is 0 Å². The lowest BCUT2D eigenvalue weighted by atomic mass is 10.1. The van der Waals surface area contributed by atoms with Gasteiger partial charge in [0.15, 0.2) is 0 Å². The Morgan fingerprint density at radius 3 is 2.64 bits per heavy atom. The Morgan fingerprint density at radius 1 is 1.32 bits per heavy atom. The van der Waals surface area contributed by atoms with Crippen LogP contribution >= 0.6 is 0 Å². The molecule has 1 aromatic heterocycles. The average molecular weight is 347 g/mol. The second kappa shape index (κ2) is 7.25. The van der Waals surface area contributed by atoms with Crippen molar-refractivity contribution in [3.05, 3.63) is 55.9 Å². The first-order chi connectivity index (χ1) is 11.8. The van der Waals surface area contributed by atoms with Crippen LogP contribution in [0.4, 0.5) is 11.6 Å².